The van der Waals surface area contributed by atoms with E-state index in [0.29, 0.717) is 0 Å². The maximum Gasteiger partial charge on any atom is 0.135 e. The van der Waals surface area contributed by atoms with Crippen molar-refractivity contribution in [3.8, 4) is 22.3 Å². The van der Waals surface area contributed by atoms with E-state index < -0.39 is 0 Å². The Morgan fingerprint density at radius 1 is 0.388 bits per heavy atom. The van der Waals surface area contributed by atoms with Gasteiger partial charge < -0.3 is 9.32 Å². The van der Waals surface area contributed by atoms with E-state index in [0.717, 1.165) is 39.0 Å². The van der Waals surface area contributed by atoms with E-state index in [1.165, 1.54) is 53.2 Å². The molecule has 0 aliphatic carbocycles. The summed E-state index contributed by atoms with van der Waals surface area (Å²) in [6.07, 6.45) is 0. The predicted octanol–water partition coefficient (Wildman–Crippen LogP) is 13.9. The van der Waals surface area contributed by atoms with Crippen LogP contribution in [0.5, 0.6) is 0 Å². The maximum absolute atomic E-state index is 6.21. The molecule has 0 saturated heterocycles. The third-order valence-electron chi connectivity index (χ3n) is 9.65. The molecule has 0 N–H and O–H groups in total. The zero-order chi connectivity index (χ0) is 32.3. The van der Waals surface area contributed by atoms with Gasteiger partial charge in [-0.05, 0) is 93.7 Å². The highest BCUT2D eigenvalue weighted by atomic mass is 32.1. The summed E-state index contributed by atoms with van der Waals surface area (Å²) in [7, 11) is 0. The monoisotopic (exact) mass is 643 g/mol. The second-order valence-electron chi connectivity index (χ2n) is 12.6. The molecule has 0 aliphatic heterocycles. The first-order valence-corrected chi connectivity index (χ1v) is 17.4. The molecule has 0 amide bonds. The van der Waals surface area contributed by atoms with Crippen LogP contribution in [0.25, 0.3) is 75.1 Å². The lowest BCUT2D eigenvalue weighted by Crippen LogP contribution is -2.10. The van der Waals surface area contributed by atoms with Crippen molar-refractivity contribution in [1.29, 1.82) is 0 Å². The summed E-state index contributed by atoms with van der Waals surface area (Å²) >= 11 is 1.87. The first-order chi connectivity index (χ1) is 24.3. The van der Waals surface area contributed by atoms with Crippen molar-refractivity contribution in [2.24, 2.45) is 0 Å². The van der Waals surface area contributed by atoms with Crippen molar-refractivity contribution >= 4 is 81.3 Å². The van der Waals surface area contributed by atoms with Crippen LogP contribution in [0.15, 0.2) is 180 Å². The number of hydrogen-bond donors (Lipinski definition) is 0. The van der Waals surface area contributed by atoms with Crippen LogP contribution in [0, 0.1) is 0 Å². The number of fused-ring (bicyclic) bond motifs is 7. The first kappa shape index (κ1) is 27.9. The third-order valence-corrected chi connectivity index (χ3v) is 10.9. The van der Waals surface area contributed by atoms with Crippen LogP contribution in [0.3, 0.4) is 0 Å². The van der Waals surface area contributed by atoms with E-state index in [2.05, 4.69) is 169 Å². The molecule has 0 spiro atoms. The average Bonchev–Trinajstić information content (AvgIpc) is 3.74. The molecule has 2 nitrogen and oxygen atoms in total. The van der Waals surface area contributed by atoms with Gasteiger partial charge in [0.25, 0.3) is 0 Å². The van der Waals surface area contributed by atoms with Crippen LogP contribution in [-0.4, -0.2) is 0 Å². The molecule has 2 aromatic heterocycles. The molecule has 3 heteroatoms. The molecule has 0 saturated carbocycles. The average molecular weight is 644 g/mol. The van der Waals surface area contributed by atoms with Crippen LogP contribution in [0.1, 0.15) is 0 Å². The molecular formula is C46H29NOS. The van der Waals surface area contributed by atoms with Gasteiger partial charge in [0.2, 0.25) is 0 Å². The van der Waals surface area contributed by atoms with E-state index in [1.807, 2.05) is 23.5 Å². The lowest BCUT2D eigenvalue weighted by molar-refractivity contribution is 0.669. The number of benzene rings is 8. The number of thiophene rings is 1. The zero-order valence-corrected chi connectivity index (χ0v) is 27.3. The molecule has 0 bridgehead atoms. The van der Waals surface area contributed by atoms with Crippen LogP contribution >= 0.6 is 11.3 Å². The summed E-state index contributed by atoms with van der Waals surface area (Å²) in [5.74, 6) is 0. The van der Waals surface area contributed by atoms with Gasteiger partial charge in [0, 0.05) is 48.0 Å². The van der Waals surface area contributed by atoms with Crippen LogP contribution < -0.4 is 4.90 Å². The number of anilines is 3. The number of hydrogen-bond acceptors (Lipinski definition) is 3. The fourth-order valence-electron chi connectivity index (χ4n) is 7.26. The SMILES string of the molecule is c1cc(-c2ccc3ccccc3c2)cc(N(c2ccc(-c3cccc4c3sc3ccccc34)cc2)c2ccc3oc4ccccc4c3c2)c1. The van der Waals surface area contributed by atoms with Crippen LogP contribution in [0.4, 0.5) is 17.1 Å². The summed E-state index contributed by atoms with van der Waals surface area (Å²) in [5.41, 5.74) is 9.91. The van der Waals surface area contributed by atoms with Crippen molar-refractivity contribution in [2.75, 3.05) is 4.90 Å². The highest BCUT2D eigenvalue weighted by Gasteiger charge is 2.17. The van der Waals surface area contributed by atoms with Gasteiger partial charge >= 0.3 is 0 Å². The Balaban J connectivity index is 1.12. The molecule has 0 radical (unpaired) electrons. The van der Waals surface area contributed by atoms with Crippen molar-refractivity contribution in [1.82, 2.24) is 0 Å². The minimum absolute atomic E-state index is 0.890. The highest BCUT2D eigenvalue weighted by Crippen LogP contribution is 2.43. The summed E-state index contributed by atoms with van der Waals surface area (Å²) in [6.45, 7) is 0. The highest BCUT2D eigenvalue weighted by molar-refractivity contribution is 7.26. The normalized spacial score (nSPS) is 11.7. The van der Waals surface area contributed by atoms with Gasteiger partial charge in [0.15, 0.2) is 0 Å². The van der Waals surface area contributed by atoms with Gasteiger partial charge in [-0.2, -0.15) is 0 Å². The van der Waals surface area contributed by atoms with Gasteiger partial charge in [-0.3, -0.25) is 0 Å². The molecule has 10 aromatic rings. The standard InChI is InChI=1S/C46H29NOS/c1-2-10-32-27-34(20-19-30(32)9-1)33-11-7-12-36(28-33)47(37-25-26-44-42(29-37)39-13-3-5-17-43(39)48-44)35-23-21-31(22-24-35)38-15-8-16-41-40-14-4-6-18-45(40)49-46(38)41/h1-29H. The van der Waals surface area contributed by atoms with E-state index in [4.69, 9.17) is 4.42 Å². The van der Waals surface area contributed by atoms with Crippen LogP contribution in [-0.2, 0) is 0 Å². The zero-order valence-electron chi connectivity index (χ0n) is 26.5. The van der Waals surface area contributed by atoms with Gasteiger partial charge in [-0.1, -0.05) is 115 Å². The molecule has 0 fully saturated rings. The predicted molar refractivity (Wildman–Crippen MR) is 210 cm³/mol. The summed E-state index contributed by atoms with van der Waals surface area (Å²) in [5, 5.41) is 7.35. The summed E-state index contributed by atoms with van der Waals surface area (Å²) < 4.78 is 8.86. The van der Waals surface area contributed by atoms with Gasteiger partial charge in [0.05, 0.1) is 0 Å². The first-order valence-electron chi connectivity index (χ1n) is 16.6. The lowest BCUT2D eigenvalue weighted by atomic mass is 10.00. The Morgan fingerprint density at radius 2 is 1.06 bits per heavy atom. The van der Waals surface area contributed by atoms with Crippen molar-refractivity contribution in [2.45, 2.75) is 0 Å². The molecule has 49 heavy (non-hydrogen) atoms. The lowest BCUT2D eigenvalue weighted by Gasteiger charge is -2.26. The molecular weight excluding hydrogens is 615 g/mol. The second-order valence-corrected chi connectivity index (χ2v) is 13.6. The van der Waals surface area contributed by atoms with E-state index in [1.54, 1.807) is 0 Å². The minimum Gasteiger partial charge on any atom is -0.456 e. The van der Waals surface area contributed by atoms with E-state index in [9.17, 15) is 0 Å². The molecule has 2 heterocycles. The van der Waals surface area contributed by atoms with Crippen molar-refractivity contribution in [3.63, 3.8) is 0 Å². The van der Waals surface area contributed by atoms with Crippen molar-refractivity contribution < 1.29 is 4.42 Å². The fourth-order valence-corrected chi connectivity index (χ4v) is 8.50. The number of furan rings is 1. The van der Waals surface area contributed by atoms with Gasteiger partial charge in [0.1, 0.15) is 11.2 Å². The Kier molecular flexibility index (Phi) is 6.39. The Hall–Kier alpha value is -6.16. The molecule has 10 rings (SSSR count). The van der Waals surface area contributed by atoms with Gasteiger partial charge in [-0.15, -0.1) is 11.3 Å². The number of rotatable bonds is 5. The molecule has 0 atom stereocenters. The molecule has 8 aromatic carbocycles. The minimum atomic E-state index is 0.890. The summed E-state index contributed by atoms with van der Waals surface area (Å²) in [6, 6.07) is 63.3. The largest absolute Gasteiger partial charge is 0.456 e. The number of nitrogens with zero attached hydrogens (tertiary/aromatic N) is 1. The molecule has 0 unspecified atom stereocenters. The smallest absolute Gasteiger partial charge is 0.135 e. The number of para-hydroxylation sites is 1. The Bertz CT molecular complexity index is 2840. The quantitative estimate of drug-likeness (QED) is 0.186. The molecule has 230 valence electrons. The molecule has 0 aliphatic rings. The Labute approximate surface area is 287 Å². The van der Waals surface area contributed by atoms with Gasteiger partial charge in [-0.25, -0.2) is 0 Å². The summed E-state index contributed by atoms with van der Waals surface area (Å²) in [4.78, 5) is 2.36. The fraction of sp³-hybridized carbons (Fsp3) is 0. The van der Waals surface area contributed by atoms with Crippen LogP contribution in [0.2, 0.25) is 0 Å². The Morgan fingerprint density at radius 3 is 1.98 bits per heavy atom. The van der Waals surface area contributed by atoms with E-state index >= 15 is 0 Å². The third kappa shape index (κ3) is 4.70. The van der Waals surface area contributed by atoms with E-state index in [-0.39, 0.29) is 0 Å². The second kappa shape index (κ2) is 11.2. The topological polar surface area (TPSA) is 16.4 Å². The maximum atomic E-state index is 6.21. The van der Waals surface area contributed by atoms with Crippen molar-refractivity contribution in [3.05, 3.63) is 176 Å².